The molecule has 7 atom stereocenters. The number of hydrogen-bond donors (Lipinski definition) is 7. The van der Waals surface area contributed by atoms with E-state index in [4.69, 9.17) is 16.3 Å². The van der Waals surface area contributed by atoms with Crippen LogP contribution < -0.4 is 37.2 Å². The molecule has 0 bridgehead atoms. The van der Waals surface area contributed by atoms with Gasteiger partial charge in [0.2, 0.25) is 0 Å². The van der Waals surface area contributed by atoms with E-state index in [0.29, 0.717) is 84.6 Å². The van der Waals surface area contributed by atoms with E-state index in [-0.39, 0.29) is 0 Å². The fraction of sp³-hybridized carbons (Fsp3) is 0.567. The van der Waals surface area contributed by atoms with Crippen molar-refractivity contribution in [3.63, 3.8) is 0 Å². The van der Waals surface area contributed by atoms with Crippen molar-refractivity contribution >= 4 is 11.6 Å². The van der Waals surface area contributed by atoms with Crippen molar-refractivity contribution in [2.75, 3.05) is 112 Å². The lowest BCUT2D eigenvalue weighted by Gasteiger charge is -2.32. The first-order valence-electron chi connectivity index (χ1n) is 42.9. The van der Waals surface area contributed by atoms with Crippen molar-refractivity contribution in [2.45, 2.75) is 247 Å². The predicted molar refractivity (Wildman–Crippen MR) is 481 cm³/mol. The topological polar surface area (TPSA) is 110 Å². The van der Waals surface area contributed by atoms with Gasteiger partial charge in [-0.15, -0.1) is 0 Å². The summed E-state index contributed by atoms with van der Waals surface area (Å²) in [5, 5.41) is 26.0. The number of aryl methyl sites for hydroxylation is 1. The Bertz CT molecular complexity index is 3270. The maximum Gasteiger partial charge on any atom is 0.0594 e. The summed E-state index contributed by atoms with van der Waals surface area (Å²) in [7, 11) is 4.25. The lowest BCUT2D eigenvalue weighted by molar-refractivity contribution is 0.0330. The molecule has 4 heterocycles. The molecular formula is C97H155ClN12O. The van der Waals surface area contributed by atoms with Crippen molar-refractivity contribution in [1.29, 1.82) is 0 Å². The quantitative estimate of drug-likeness (QED) is 0.0218. The van der Waals surface area contributed by atoms with Gasteiger partial charge in [0.15, 0.2) is 0 Å². The van der Waals surface area contributed by atoms with Gasteiger partial charge in [0, 0.05) is 135 Å². The minimum absolute atomic E-state index is 0.330. The van der Waals surface area contributed by atoms with Crippen LogP contribution in [0.1, 0.15) is 243 Å². The summed E-state index contributed by atoms with van der Waals surface area (Å²) in [5.41, 5.74) is 10.9. The van der Waals surface area contributed by atoms with Gasteiger partial charge in [-0.3, -0.25) is 4.90 Å². The van der Waals surface area contributed by atoms with Crippen LogP contribution >= 0.6 is 11.6 Å². The lowest BCUT2D eigenvalue weighted by atomic mass is 10.0. The van der Waals surface area contributed by atoms with E-state index in [2.05, 4.69) is 382 Å². The molecule has 4 aliphatic rings. The van der Waals surface area contributed by atoms with Crippen LogP contribution in [0.2, 0.25) is 5.02 Å². The van der Waals surface area contributed by atoms with Gasteiger partial charge >= 0.3 is 0 Å². The van der Waals surface area contributed by atoms with Crippen LogP contribution in [-0.4, -0.2) is 179 Å². The first-order chi connectivity index (χ1) is 53.4. The predicted octanol–water partition coefficient (Wildman–Crippen LogP) is 19.7. The summed E-state index contributed by atoms with van der Waals surface area (Å²) in [6, 6.07) is 77.2. The smallest absolute Gasteiger partial charge is 0.0594 e. The van der Waals surface area contributed by atoms with Gasteiger partial charge in [-0.2, -0.15) is 0 Å². The Balaban J connectivity index is 0.000000233. The molecular weight excluding hydrogens is 1380 g/mol. The standard InChI is InChI=1S/C15H23ClN2.C15H24N2O.2C15H24N2.C13H22N2.2C12H19N/c1-12(2)17-15(11-18-9-5-6-10-18)13-7-3-4-8-14(13)16;1-13(2)16-15(14-6-4-3-5-7-14)12-17-8-10-18-11-9-17;2*1-13(2)16-15(12-17-10-6-7-11-17)14-8-4-3-5-9-14;1-11(2)14-10-13(15(3)4)12-8-6-5-7-9-12;1-9(2)13-11(4)12-7-5-10(3)6-8-12;1-4-12(13-10(2)3)11-8-6-5-7-9-11/h3-4,7-8,12,15,17H,5-6,9-11H2,1-2H3;3-7,13,15-16H,8-12H2,1-2H3;2*3-5,8-9,13,15-16H,6-7,10-12H2,1-2H3;5-9,11,13-14H,10H2,1-4H3;5-9,11,13H,1-4H3;5-10,12-13H,4H2,1-3H3/t;;;;;11-;12-/m.....00/s1. The molecule has 14 heteroatoms. The molecule has 11 rings (SSSR count). The van der Waals surface area contributed by atoms with Crippen LogP contribution in [0.4, 0.5) is 0 Å². The molecule has 4 aliphatic heterocycles. The summed E-state index contributed by atoms with van der Waals surface area (Å²) in [5.74, 6) is 0. The van der Waals surface area contributed by atoms with Gasteiger partial charge < -0.3 is 61.6 Å². The molecule has 0 radical (unpaired) electrons. The van der Waals surface area contributed by atoms with Crippen LogP contribution in [-0.2, 0) is 4.74 Å². The Morgan fingerprint density at radius 3 is 0.955 bits per heavy atom. The highest BCUT2D eigenvalue weighted by atomic mass is 35.5. The number of halogens is 1. The molecule has 4 saturated heterocycles. The summed E-state index contributed by atoms with van der Waals surface area (Å²) in [6.45, 7) is 54.0. The van der Waals surface area contributed by atoms with E-state index in [0.717, 1.165) is 70.5 Å². The Hall–Kier alpha value is -5.69. The minimum Gasteiger partial charge on any atom is -0.379 e. The molecule has 0 amide bonds. The minimum atomic E-state index is 0.330. The van der Waals surface area contributed by atoms with Gasteiger partial charge in [-0.05, 0) is 157 Å². The zero-order chi connectivity index (χ0) is 80.7. The summed E-state index contributed by atoms with van der Waals surface area (Å²) < 4.78 is 5.41. The van der Waals surface area contributed by atoms with Crippen molar-refractivity contribution in [2.24, 2.45) is 0 Å². The van der Waals surface area contributed by atoms with E-state index < -0.39 is 0 Å². The van der Waals surface area contributed by atoms with Crippen molar-refractivity contribution in [3.8, 4) is 0 Å². The van der Waals surface area contributed by atoms with Gasteiger partial charge in [0.1, 0.15) is 0 Å². The largest absolute Gasteiger partial charge is 0.379 e. The van der Waals surface area contributed by atoms with Crippen LogP contribution in [0.5, 0.6) is 0 Å². The van der Waals surface area contributed by atoms with Crippen LogP contribution in [0.3, 0.4) is 0 Å². The zero-order valence-corrected chi connectivity index (χ0v) is 73.5. The highest BCUT2D eigenvalue weighted by Crippen LogP contribution is 2.27. The Morgan fingerprint density at radius 2 is 0.631 bits per heavy atom. The Morgan fingerprint density at radius 1 is 0.333 bits per heavy atom. The third-order valence-electron chi connectivity index (χ3n) is 20.3. The molecule has 111 heavy (non-hydrogen) atoms. The molecule has 13 nitrogen and oxygen atoms in total. The zero-order valence-electron chi connectivity index (χ0n) is 72.7. The number of ether oxygens (including phenoxy) is 1. The van der Waals surface area contributed by atoms with E-state index in [9.17, 15) is 0 Å². The van der Waals surface area contributed by atoms with Crippen LogP contribution in [0, 0.1) is 6.92 Å². The molecule has 7 N–H and O–H groups in total. The van der Waals surface area contributed by atoms with Crippen LogP contribution in [0.25, 0.3) is 0 Å². The average molecular weight is 1540 g/mol. The number of rotatable bonds is 32. The number of morpholine rings is 1. The van der Waals surface area contributed by atoms with E-state index in [1.54, 1.807) is 0 Å². The molecule has 7 aromatic rings. The lowest BCUT2D eigenvalue weighted by Crippen LogP contribution is -2.43. The van der Waals surface area contributed by atoms with E-state index in [1.165, 1.54) is 122 Å². The molecule has 0 spiro atoms. The van der Waals surface area contributed by atoms with Crippen molar-refractivity contribution < 1.29 is 4.74 Å². The summed E-state index contributed by atoms with van der Waals surface area (Å²) >= 11 is 6.33. The number of benzene rings is 7. The highest BCUT2D eigenvalue weighted by molar-refractivity contribution is 6.31. The average Bonchev–Trinajstić information content (AvgIpc) is 1.83. The second-order valence-electron chi connectivity index (χ2n) is 33.3. The molecule has 0 saturated carbocycles. The first-order valence-corrected chi connectivity index (χ1v) is 43.2. The molecule has 7 aromatic carbocycles. The molecule has 616 valence electrons. The van der Waals surface area contributed by atoms with Gasteiger partial charge in [0.25, 0.3) is 0 Å². The van der Waals surface area contributed by atoms with E-state index >= 15 is 0 Å². The second kappa shape index (κ2) is 55.8. The molecule has 4 fully saturated rings. The maximum atomic E-state index is 6.33. The van der Waals surface area contributed by atoms with Gasteiger partial charge in [-0.25, -0.2) is 0 Å². The van der Waals surface area contributed by atoms with Gasteiger partial charge in [0.05, 0.1) is 13.2 Å². The molecule has 0 aliphatic carbocycles. The SMILES string of the molecule is CC(C)NC(CN1CCCC1)c1ccccc1.CC(C)NC(CN1CCCC1)c1ccccc1.CC(C)NC(CN1CCCC1)c1ccccc1Cl.CC(C)NC(CN1CCOCC1)c1ccccc1.CC(C)NCC(c1ccccc1)N(C)C.CC[C@H](NC(C)C)c1ccccc1.Cc1ccc([C@H](C)NC(C)C)cc1. The number of likely N-dealkylation sites (N-methyl/N-ethyl adjacent to an activating group) is 1. The Labute approximate surface area is 683 Å². The third kappa shape index (κ3) is 40.9. The second-order valence-corrected chi connectivity index (χ2v) is 33.7. The van der Waals surface area contributed by atoms with E-state index in [1.807, 2.05) is 12.1 Å². The monoisotopic (exact) mass is 1540 g/mol. The number of nitrogens with zero attached hydrogens (tertiary/aromatic N) is 5. The third-order valence-corrected chi connectivity index (χ3v) is 20.7. The maximum absolute atomic E-state index is 6.33. The van der Waals surface area contributed by atoms with Gasteiger partial charge in [-0.1, -0.05) is 315 Å². The molecule has 0 aromatic heterocycles. The molecule has 5 unspecified atom stereocenters. The Kier molecular flexibility index (Phi) is 48.2. The first kappa shape index (κ1) is 95.9. The number of likely N-dealkylation sites (tertiary alicyclic amines) is 3. The van der Waals surface area contributed by atoms with Crippen molar-refractivity contribution in [1.82, 2.24) is 61.7 Å². The summed E-state index contributed by atoms with van der Waals surface area (Å²) in [4.78, 5) is 12.4. The highest BCUT2D eigenvalue weighted by Gasteiger charge is 2.24. The number of hydrogen-bond acceptors (Lipinski definition) is 13. The number of nitrogens with one attached hydrogen (secondary N) is 7. The van der Waals surface area contributed by atoms with Crippen molar-refractivity contribution in [3.05, 3.63) is 250 Å². The normalized spacial score (nSPS) is 16.8. The van der Waals surface area contributed by atoms with Crippen LogP contribution in [0.15, 0.2) is 200 Å². The summed E-state index contributed by atoms with van der Waals surface area (Å²) in [6.07, 6.45) is 9.26. The fourth-order valence-corrected chi connectivity index (χ4v) is 15.0. The fourth-order valence-electron chi connectivity index (χ4n) is 14.7.